The smallest absolute Gasteiger partial charge is 0.141 e. The fourth-order valence-electron chi connectivity index (χ4n) is 1.77. The quantitative estimate of drug-likeness (QED) is 0.790. The van der Waals surface area contributed by atoms with Crippen molar-refractivity contribution in [2.24, 2.45) is 5.73 Å². The molecule has 3 nitrogen and oxygen atoms in total. The van der Waals surface area contributed by atoms with Crippen LogP contribution in [-0.4, -0.2) is 29.0 Å². The summed E-state index contributed by atoms with van der Waals surface area (Å²) in [6, 6.07) is 2.19. The van der Waals surface area contributed by atoms with Gasteiger partial charge in [0, 0.05) is 31.9 Å². The maximum Gasteiger partial charge on any atom is 0.141 e. The fraction of sp³-hybridized carbons (Fsp3) is 0.545. The molecule has 1 fully saturated rings. The van der Waals surface area contributed by atoms with Crippen LogP contribution in [-0.2, 0) is 6.54 Å². The minimum absolute atomic E-state index is 0.268. The molecule has 4 heteroatoms. The van der Waals surface area contributed by atoms with E-state index in [0.717, 1.165) is 18.7 Å². The molecule has 1 aliphatic carbocycles. The summed E-state index contributed by atoms with van der Waals surface area (Å²) in [4.78, 5) is 6.15. The highest BCUT2D eigenvalue weighted by Crippen LogP contribution is 2.27. The molecular formula is C11H16FN3. The van der Waals surface area contributed by atoms with Crippen LogP contribution in [0.5, 0.6) is 0 Å². The number of hydrogen-bond donors (Lipinski definition) is 1. The van der Waals surface area contributed by atoms with E-state index in [2.05, 4.69) is 9.88 Å². The van der Waals surface area contributed by atoms with Crippen molar-refractivity contribution < 1.29 is 4.39 Å². The molecule has 1 aromatic rings. The largest absolute Gasteiger partial charge is 0.329 e. The fourth-order valence-corrected chi connectivity index (χ4v) is 1.77. The number of halogens is 1. The van der Waals surface area contributed by atoms with Crippen LogP contribution in [0.25, 0.3) is 0 Å². The van der Waals surface area contributed by atoms with E-state index in [9.17, 15) is 4.39 Å². The first kappa shape index (κ1) is 10.5. The Morgan fingerprint density at radius 1 is 1.47 bits per heavy atom. The Bertz CT molecular complexity index is 325. The Hall–Kier alpha value is -1.00. The molecule has 0 amide bonds. The average molecular weight is 209 g/mol. The second-order valence-electron chi connectivity index (χ2n) is 4.00. The van der Waals surface area contributed by atoms with Gasteiger partial charge in [-0.1, -0.05) is 0 Å². The van der Waals surface area contributed by atoms with Gasteiger partial charge in [0.1, 0.15) is 5.82 Å². The Balaban J connectivity index is 1.98. The summed E-state index contributed by atoms with van der Waals surface area (Å²) in [5, 5.41) is 0. The van der Waals surface area contributed by atoms with Gasteiger partial charge in [0.05, 0.1) is 6.20 Å². The van der Waals surface area contributed by atoms with Crippen molar-refractivity contribution in [3.63, 3.8) is 0 Å². The van der Waals surface area contributed by atoms with Crippen LogP contribution >= 0.6 is 0 Å². The molecule has 0 aromatic carbocycles. The number of nitrogens with zero attached hydrogens (tertiary/aromatic N) is 2. The van der Waals surface area contributed by atoms with Gasteiger partial charge >= 0.3 is 0 Å². The van der Waals surface area contributed by atoms with Crippen molar-refractivity contribution in [1.29, 1.82) is 0 Å². The van der Waals surface area contributed by atoms with Crippen LogP contribution in [0.3, 0.4) is 0 Å². The van der Waals surface area contributed by atoms with E-state index in [1.807, 2.05) is 0 Å². The first-order valence-corrected chi connectivity index (χ1v) is 5.33. The molecule has 0 bridgehead atoms. The van der Waals surface area contributed by atoms with E-state index in [0.29, 0.717) is 12.6 Å². The lowest BCUT2D eigenvalue weighted by atomic mass is 10.2. The summed E-state index contributed by atoms with van der Waals surface area (Å²) in [5.74, 6) is -0.268. The second kappa shape index (κ2) is 4.68. The first-order valence-electron chi connectivity index (χ1n) is 5.33. The van der Waals surface area contributed by atoms with E-state index in [1.165, 1.54) is 19.0 Å². The zero-order chi connectivity index (χ0) is 10.7. The van der Waals surface area contributed by atoms with Gasteiger partial charge < -0.3 is 5.73 Å². The normalized spacial score (nSPS) is 15.9. The lowest BCUT2D eigenvalue weighted by Gasteiger charge is -2.20. The molecule has 0 spiro atoms. The molecule has 0 atom stereocenters. The van der Waals surface area contributed by atoms with Gasteiger partial charge in [0.15, 0.2) is 0 Å². The van der Waals surface area contributed by atoms with Crippen LogP contribution in [0.4, 0.5) is 4.39 Å². The van der Waals surface area contributed by atoms with Gasteiger partial charge in [-0.05, 0) is 24.5 Å². The molecule has 1 heterocycles. The molecule has 0 saturated heterocycles. The highest BCUT2D eigenvalue weighted by Gasteiger charge is 2.28. The van der Waals surface area contributed by atoms with Gasteiger partial charge in [-0.25, -0.2) is 4.39 Å². The summed E-state index contributed by atoms with van der Waals surface area (Å²) in [6.07, 6.45) is 5.42. The van der Waals surface area contributed by atoms with E-state index in [-0.39, 0.29) is 5.82 Å². The van der Waals surface area contributed by atoms with Crippen molar-refractivity contribution in [1.82, 2.24) is 9.88 Å². The number of hydrogen-bond acceptors (Lipinski definition) is 3. The lowest BCUT2D eigenvalue weighted by Crippen LogP contribution is -2.31. The number of pyridine rings is 1. The summed E-state index contributed by atoms with van der Waals surface area (Å²) in [5.41, 5.74) is 6.47. The molecule has 82 valence electrons. The zero-order valence-corrected chi connectivity index (χ0v) is 8.69. The first-order chi connectivity index (χ1) is 7.29. The number of aromatic nitrogens is 1. The van der Waals surface area contributed by atoms with Crippen molar-refractivity contribution in [3.8, 4) is 0 Å². The van der Waals surface area contributed by atoms with E-state index in [1.54, 1.807) is 12.3 Å². The van der Waals surface area contributed by atoms with Gasteiger partial charge in [-0.15, -0.1) is 0 Å². The molecule has 0 aliphatic heterocycles. The van der Waals surface area contributed by atoms with Crippen molar-refractivity contribution in [2.45, 2.75) is 25.4 Å². The molecule has 1 aromatic heterocycles. The van der Waals surface area contributed by atoms with Gasteiger partial charge in [0.2, 0.25) is 0 Å². The summed E-state index contributed by atoms with van der Waals surface area (Å²) < 4.78 is 12.9. The Kier molecular flexibility index (Phi) is 3.28. The molecule has 1 aliphatic rings. The molecule has 2 N–H and O–H groups in total. The minimum Gasteiger partial charge on any atom is -0.329 e. The molecule has 0 radical (unpaired) electrons. The lowest BCUT2D eigenvalue weighted by molar-refractivity contribution is 0.261. The number of rotatable bonds is 5. The topological polar surface area (TPSA) is 42.1 Å². The SMILES string of the molecule is NCCN(Cc1cncc(F)c1)C1CC1. The third-order valence-corrected chi connectivity index (χ3v) is 2.63. The summed E-state index contributed by atoms with van der Waals surface area (Å²) in [6.45, 7) is 2.28. The minimum atomic E-state index is -0.268. The standard InChI is InChI=1S/C11H16FN3/c12-10-5-9(6-14-7-10)8-15(4-3-13)11-1-2-11/h5-7,11H,1-4,8,13H2. The summed E-state index contributed by atoms with van der Waals surface area (Å²) in [7, 11) is 0. The van der Waals surface area contributed by atoms with Gasteiger partial charge in [0.25, 0.3) is 0 Å². The molecule has 15 heavy (non-hydrogen) atoms. The average Bonchev–Trinajstić information content (AvgIpc) is 3.00. The monoisotopic (exact) mass is 209 g/mol. The van der Waals surface area contributed by atoms with Gasteiger partial charge in [-0.2, -0.15) is 0 Å². The highest BCUT2D eigenvalue weighted by atomic mass is 19.1. The maximum absolute atomic E-state index is 12.9. The van der Waals surface area contributed by atoms with E-state index < -0.39 is 0 Å². The molecular weight excluding hydrogens is 193 g/mol. The molecule has 2 rings (SSSR count). The molecule has 1 saturated carbocycles. The van der Waals surface area contributed by atoms with E-state index >= 15 is 0 Å². The van der Waals surface area contributed by atoms with Crippen LogP contribution in [0, 0.1) is 5.82 Å². The zero-order valence-electron chi connectivity index (χ0n) is 8.69. The number of nitrogens with two attached hydrogens (primary N) is 1. The highest BCUT2D eigenvalue weighted by molar-refractivity contribution is 5.10. The Labute approximate surface area is 89.1 Å². The van der Waals surface area contributed by atoms with Crippen molar-refractivity contribution in [2.75, 3.05) is 13.1 Å². The van der Waals surface area contributed by atoms with Gasteiger partial charge in [-0.3, -0.25) is 9.88 Å². The van der Waals surface area contributed by atoms with Crippen molar-refractivity contribution in [3.05, 3.63) is 29.8 Å². The van der Waals surface area contributed by atoms with Crippen molar-refractivity contribution >= 4 is 0 Å². The predicted octanol–water partition coefficient (Wildman–Crippen LogP) is 1.14. The Morgan fingerprint density at radius 3 is 2.87 bits per heavy atom. The van der Waals surface area contributed by atoms with E-state index in [4.69, 9.17) is 5.73 Å². The van der Waals surface area contributed by atoms with Crippen LogP contribution in [0.15, 0.2) is 18.5 Å². The third-order valence-electron chi connectivity index (χ3n) is 2.63. The second-order valence-corrected chi connectivity index (χ2v) is 4.00. The maximum atomic E-state index is 12.9. The third kappa shape index (κ3) is 2.97. The summed E-state index contributed by atoms with van der Waals surface area (Å²) >= 11 is 0. The molecule has 0 unspecified atom stereocenters. The van der Waals surface area contributed by atoms with Crippen LogP contribution in [0.1, 0.15) is 18.4 Å². The van der Waals surface area contributed by atoms with Crippen LogP contribution < -0.4 is 5.73 Å². The Morgan fingerprint density at radius 2 is 2.27 bits per heavy atom. The van der Waals surface area contributed by atoms with Crippen LogP contribution in [0.2, 0.25) is 0 Å². The predicted molar refractivity (Wildman–Crippen MR) is 56.7 cm³/mol.